The van der Waals surface area contributed by atoms with Gasteiger partial charge in [-0.3, -0.25) is 9.59 Å². The molecule has 0 bridgehead atoms. The molecule has 0 spiro atoms. The van der Waals surface area contributed by atoms with Crippen LogP contribution in [0.3, 0.4) is 0 Å². The Balaban J connectivity index is 0.000000218. The van der Waals surface area contributed by atoms with Crippen molar-refractivity contribution in [3.05, 3.63) is 108 Å². The maximum absolute atomic E-state index is 13.4. The minimum absolute atomic E-state index is 0.0569. The number of urea groups is 2. The number of hydrogen-bond acceptors (Lipinski definition) is 9. The molecule has 2 aliphatic carbocycles. The predicted octanol–water partition coefficient (Wildman–Crippen LogP) is 5.74. The van der Waals surface area contributed by atoms with E-state index < -0.39 is 23.8 Å². The molecule has 20 heteroatoms. The predicted molar refractivity (Wildman–Crippen MR) is 271 cm³/mol. The Morgan fingerprint density at radius 1 is 0.644 bits per heavy atom. The highest BCUT2D eigenvalue weighted by Gasteiger charge is 2.39. The molecular formula is C53H74F2N12O6. The van der Waals surface area contributed by atoms with Crippen molar-refractivity contribution < 1.29 is 37.5 Å². The van der Waals surface area contributed by atoms with Gasteiger partial charge < -0.3 is 55.2 Å². The largest absolute Gasteiger partial charge is 0.444 e. The third-order valence-electron chi connectivity index (χ3n) is 13.8. The van der Waals surface area contributed by atoms with E-state index in [1.165, 1.54) is 42.0 Å². The lowest BCUT2D eigenvalue weighted by Gasteiger charge is -2.41. The van der Waals surface area contributed by atoms with Gasteiger partial charge in [0.15, 0.2) is 0 Å². The van der Waals surface area contributed by atoms with Crippen LogP contribution in [0.1, 0.15) is 107 Å². The number of halogens is 2. The topological polar surface area (TPSA) is 200 Å². The molecular weight excluding hydrogens is 939 g/mol. The average Bonchev–Trinajstić information content (AvgIpc) is 4.03. The summed E-state index contributed by atoms with van der Waals surface area (Å²) in [6, 6.07) is 11.3. The maximum Gasteiger partial charge on any atom is 0.410 e. The van der Waals surface area contributed by atoms with Gasteiger partial charge in [-0.25, -0.2) is 33.1 Å². The van der Waals surface area contributed by atoms with Gasteiger partial charge in [0.25, 0.3) is 0 Å². The Morgan fingerprint density at radius 3 is 1.59 bits per heavy atom. The quantitative estimate of drug-likeness (QED) is 0.105. The van der Waals surface area contributed by atoms with Crippen molar-refractivity contribution >= 4 is 30.0 Å². The number of hydrogen-bond donors (Lipinski definition) is 5. The van der Waals surface area contributed by atoms with Gasteiger partial charge in [0.05, 0.1) is 19.2 Å². The highest BCUT2D eigenvalue weighted by atomic mass is 19.1. The van der Waals surface area contributed by atoms with E-state index in [-0.39, 0.29) is 60.7 Å². The van der Waals surface area contributed by atoms with Crippen LogP contribution >= 0.6 is 0 Å². The normalized spacial score (nSPS) is 18.8. The first-order chi connectivity index (χ1) is 35.2. The van der Waals surface area contributed by atoms with Crippen molar-refractivity contribution in [3.63, 3.8) is 0 Å². The summed E-state index contributed by atoms with van der Waals surface area (Å²) in [5, 5.41) is 15.4. The maximum atomic E-state index is 13.4. The molecule has 73 heavy (non-hydrogen) atoms. The van der Waals surface area contributed by atoms with Crippen molar-refractivity contribution in [3.8, 4) is 0 Å². The van der Waals surface area contributed by atoms with Crippen LogP contribution in [-0.4, -0.2) is 146 Å². The zero-order chi connectivity index (χ0) is 51.7. The van der Waals surface area contributed by atoms with Gasteiger partial charge >= 0.3 is 18.2 Å². The zero-order valence-corrected chi connectivity index (χ0v) is 42.6. The molecule has 2 aromatic heterocycles. The Hall–Kier alpha value is -6.57. The van der Waals surface area contributed by atoms with Crippen LogP contribution in [0.15, 0.2) is 73.6 Å². The van der Waals surface area contributed by atoms with E-state index in [1.54, 1.807) is 79.9 Å². The highest BCUT2D eigenvalue weighted by molar-refractivity contribution is 5.89. The lowest BCUT2D eigenvalue weighted by atomic mass is 9.95. The first kappa shape index (κ1) is 54.2. The number of ether oxygens (including phenoxy) is 1. The van der Waals surface area contributed by atoms with Gasteiger partial charge in [0, 0.05) is 108 Å². The minimum atomic E-state index is -0.839. The summed E-state index contributed by atoms with van der Waals surface area (Å²) in [6.07, 6.45) is 18.4. The van der Waals surface area contributed by atoms with Gasteiger partial charge in [0.2, 0.25) is 11.8 Å². The summed E-state index contributed by atoms with van der Waals surface area (Å²) < 4.78 is 35.9. The number of benzene rings is 2. The number of carbonyl (C=O) groups is 5. The molecule has 396 valence electrons. The highest BCUT2D eigenvalue weighted by Crippen LogP contribution is 2.21. The summed E-state index contributed by atoms with van der Waals surface area (Å²) >= 11 is 0. The van der Waals surface area contributed by atoms with Gasteiger partial charge in [-0.05, 0) is 81.8 Å². The summed E-state index contributed by atoms with van der Waals surface area (Å²) in [5.41, 5.74) is 3.14. The fourth-order valence-electron chi connectivity index (χ4n) is 9.77. The number of imidazole rings is 2. The van der Waals surface area contributed by atoms with E-state index in [9.17, 15) is 32.8 Å². The molecule has 0 radical (unpaired) electrons. The van der Waals surface area contributed by atoms with Crippen LogP contribution in [0.4, 0.5) is 23.2 Å². The smallest absolute Gasteiger partial charge is 0.410 e. The van der Waals surface area contributed by atoms with Crippen LogP contribution in [-0.2, 0) is 40.3 Å². The third kappa shape index (κ3) is 16.5. The molecule has 4 heterocycles. The summed E-state index contributed by atoms with van der Waals surface area (Å²) in [5.74, 6) is -1.01. The van der Waals surface area contributed by atoms with Gasteiger partial charge in [0.1, 0.15) is 29.3 Å². The standard InChI is InChI=1S/C29H41FN6O4.C24H33FN6O2/c1-29(2,3)40-28(39)34-15-16-36(27(38)33-23-7-5-4-6-8-23)25(19-34)26(37)32-14-13-24-17-31-20-35(24)18-21-9-11-22(30)12-10-21;25-19-8-6-18(7-9-19)16-30-17-27-14-21(30)10-11-28-23(32)22-15-26-12-13-31(22)24(33)29-20-4-2-1-3-5-20/h9-12,17,20,23,25H,4-8,13-16,18-19H2,1-3H3,(H,32,37)(H,33,38);6-9,14,17,20,22,26H,1-5,10-13,15-16H2,(H,28,32)(H,29,33)/t25-;22-/m11/s1. The minimum Gasteiger partial charge on any atom is -0.444 e. The van der Waals surface area contributed by atoms with Crippen molar-refractivity contribution in [2.45, 2.75) is 141 Å². The molecule has 7 amide bonds. The van der Waals surface area contributed by atoms with Crippen LogP contribution in [0, 0.1) is 11.6 Å². The molecule has 2 atom stereocenters. The fraction of sp³-hybridized carbons (Fsp3) is 0.566. The second-order valence-corrected chi connectivity index (χ2v) is 20.5. The van der Waals surface area contributed by atoms with Gasteiger partial charge in [-0.15, -0.1) is 0 Å². The molecule has 2 aliphatic heterocycles. The Bertz CT molecular complexity index is 2410. The van der Waals surface area contributed by atoms with Gasteiger partial charge in [-0.1, -0.05) is 62.8 Å². The molecule has 18 nitrogen and oxygen atoms in total. The molecule has 5 N–H and O–H groups in total. The SMILES string of the molecule is CC(C)(C)OC(=O)N1CCN(C(=O)NC2CCCCC2)[C@@H](C(=O)NCCc2cncn2Cc2ccc(F)cc2)C1.O=C(NCCc1cncn1Cc1ccc(F)cc1)[C@H]1CNCCN1C(=O)NC1CCCCC1. The van der Waals surface area contributed by atoms with Crippen LogP contribution in [0.5, 0.6) is 0 Å². The Kier molecular flexibility index (Phi) is 19.6. The van der Waals surface area contributed by atoms with E-state index in [2.05, 4.69) is 36.6 Å². The molecule has 2 saturated carbocycles. The molecule has 4 aromatic rings. The first-order valence-corrected chi connectivity index (χ1v) is 26.0. The average molecular weight is 1010 g/mol. The number of amides is 7. The Morgan fingerprint density at radius 2 is 1.11 bits per heavy atom. The molecule has 4 fully saturated rings. The second kappa shape index (κ2) is 26.4. The van der Waals surface area contributed by atoms with Crippen molar-refractivity contribution in [2.24, 2.45) is 0 Å². The van der Waals surface area contributed by atoms with E-state index in [1.807, 2.05) is 9.13 Å². The lowest BCUT2D eigenvalue weighted by Crippen LogP contribution is -2.64. The van der Waals surface area contributed by atoms with E-state index in [0.29, 0.717) is 65.2 Å². The number of nitrogens with zero attached hydrogens (tertiary/aromatic N) is 7. The molecule has 2 aromatic carbocycles. The van der Waals surface area contributed by atoms with Crippen molar-refractivity contribution in [1.29, 1.82) is 0 Å². The summed E-state index contributed by atoms with van der Waals surface area (Å²) in [4.78, 5) is 78.4. The van der Waals surface area contributed by atoms with E-state index >= 15 is 0 Å². The van der Waals surface area contributed by atoms with Crippen LogP contribution in [0.2, 0.25) is 0 Å². The van der Waals surface area contributed by atoms with Crippen LogP contribution in [0.25, 0.3) is 0 Å². The fourth-order valence-corrected chi connectivity index (χ4v) is 9.77. The first-order valence-electron chi connectivity index (χ1n) is 26.0. The number of rotatable bonds is 14. The number of carbonyl (C=O) groups excluding carboxylic acids is 5. The van der Waals surface area contributed by atoms with Crippen LogP contribution < -0.4 is 26.6 Å². The Labute approximate surface area is 427 Å². The zero-order valence-electron chi connectivity index (χ0n) is 42.6. The summed E-state index contributed by atoms with van der Waals surface area (Å²) in [7, 11) is 0. The number of aromatic nitrogens is 4. The van der Waals surface area contributed by atoms with E-state index in [4.69, 9.17) is 4.74 Å². The van der Waals surface area contributed by atoms with Crippen molar-refractivity contribution in [1.82, 2.24) is 60.4 Å². The molecule has 2 saturated heterocycles. The van der Waals surface area contributed by atoms with Crippen molar-refractivity contribution in [2.75, 3.05) is 52.4 Å². The third-order valence-corrected chi connectivity index (χ3v) is 13.8. The number of nitrogens with one attached hydrogen (secondary N) is 5. The molecule has 0 unspecified atom stereocenters. The van der Waals surface area contributed by atoms with Gasteiger partial charge in [-0.2, -0.15) is 0 Å². The second-order valence-electron chi connectivity index (χ2n) is 20.5. The lowest BCUT2D eigenvalue weighted by molar-refractivity contribution is -0.127. The summed E-state index contributed by atoms with van der Waals surface area (Å²) in [6.45, 7) is 9.52. The monoisotopic (exact) mass is 1010 g/mol. The number of piperazine rings is 2. The molecule has 4 aliphatic rings. The molecule has 8 rings (SSSR count). The van der Waals surface area contributed by atoms with E-state index in [0.717, 1.165) is 73.9 Å².